The fourth-order valence-corrected chi connectivity index (χ4v) is 2.97. The molecule has 1 atom stereocenters. The largest absolute Gasteiger partial charge is 0.416 e. The predicted molar refractivity (Wildman–Crippen MR) is 100 cm³/mol. The number of benzene rings is 2. The third-order valence-corrected chi connectivity index (χ3v) is 4.48. The van der Waals surface area contributed by atoms with E-state index in [1.807, 2.05) is 0 Å². The summed E-state index contributed by atoms with van der Waals surface area (Å²) in [6.07, 6.45) is -3.65. The van der Waals surface area contributed by atoms with Gasteiger partial charge in [0.1, 0.15) is 0 Å². The van der Waals surface area contributed by atoms with Gasteiger partial charge in [0, 0.05) is 17.5 Å². The highest BCUT2D eigenvalue weighted by Gasteiger charge is 2.30. The molecule has 2 aromatic carbocycles. The molecule has 10 heteroatoms. The van der Waals surface area contributed by atoms with Gasteiger partial charge in [0.25, 0.3) is 0 Å². The monoisotopic (exact) mass is 423 g/mol. The van der Waals surface area contributed by atoms with E-state index in [2.05, 4.69) is 25.9 Å². The number of hydrogen-bond donors (Lipinski definition) is 2. The summed E-state index contributed by atoms with van der Waals surface area (Å²) < 4.78 is 38.2. The summed E-state index contributed by atoms with van der Waals surface area (Å²) in [5.41, 5.74) is 0.723. The molecule has 152 valence electrons. The average molecular weight is 424 g/mol. The number of hydrogen-bond acceptors (Lipinski definition) is 4. The number of carbonyl (C=O) groups excluding carboxylic acids is 1. The second-order valence-electron chi connectivity index (χ2n) is 6.50. The third-order valence-electron chi connectivity index (χ3n) is 4.22. The van der Waals surface area contributed by atoms with Crippen LogP contribution in [0.4, 0.5) is 13.2 Å². The van der Waals surface area contributed by atoms with Crippen LogP contribution in [0.1, 0.15) is 22.5 Å². The van der Waals surface area contributed by atoms with Gasteiger partial charge in [0.2, 0.25) is 5.91 Å². The number of aromatic amines is 1. The number of H-pyrrole nitrogens is 1. The Balaban J connectivity index is 1.68. The maximum atomic E-state index is 12.7. The highest BCUT2D eigenvalue weighted by atomic mass is 35.5. The van der Waals surface area contributed by atoms with Crippen LogP contribution in [0, 0.1) is 0 Å². The van der Waals surface area contributed by atoms with Crippen molar-refractivity contribution in [3.05, 3.63) is 76.1 Å². The first kappa shape index (κ1) is 20.8. The zero-order valence-electron chi connectivity index (χ0n) is 15.1. The van der Waals surface area contributed by atoms with E-state index < -0.39 is 17.8 Å². The second-order valence-corrected chi connectivity index (χ2v) is 6.94. The van der Waals surface area contributed by atoms with Gasteiger partial charge in [-0.05, 0) is 41.8 Å². The number of nitrogens with one attached hydrogen (secondary N) is 2. The summed E-state index contributed by atoms with van der Waals surface area (Å²) in [6, 6.07) is 11.3. The SMILES string of the molecule is O=C(Cc1ccc(Cl)cc1)N[C@@H](Cc1ccc(C(F)(F)F)cc1)Cc1nn[nH]n1. The number of halogens is 4. The molecule has 0 radical (unpaired) electrons. The van der Waals surface area contributed by atoms with Gasteiger partial charge in [-0.15, -0.1) is 10.2 Å². The van der Waals surface area contributed by atoms with Gasteiger partial charge < -0.3 is 5.32 Å². The van der Waals surface area contributed by atoms with Gasteiger partial charge >= 0.3 is 6.18 Å². The van der Waals surface area contributed by atoms with Crippen molar-refractivity contribution in [3.8, 4) is 0 Å². The normalized spacial score (nSPS) is 12.6. The van der Waals surface area contributed by atoms with Crippen molar-refractivity contribution in [2.75, 3.05) is 0 Å². The van der Waals surface area contributed by atoms with Crippen LogP contribution in [0.5, 0.6) is 0 Å². The Kier molecular flexibility index (Phi) is 6.48. The van der Waals surface area contributed by atoms with E-state index in [4.69, 9.17) is 11.6 Å². The van der Waals surface area contributed by atoms with Crippen LogP contribution >= 0.6 is 11.6 Å². The molecule has 1 heterocycles. The molecule has 3 aromatic rings. The van der Waals surface area contributed by atoms with Crippen LogP contribution in [0.3, 0.4) is 0 Å². The lowest BCUT2D eigenvalue weighted by Gasteiger charge is -2.18. The molecule has 0 fully saturated rings. The fraction of sp³-hybridized carbons (Fsp3) is 0.263. The molecule has 0 aliphatic rings. The number of amides is 1. The molecule has 0 aliphatic heterocycles. The highest BCUT2D eigenvalue weighted by Crippen LogP contribution is 2.29. The summed E-state index contributed by atoms with van der Waals surface area (Å²) in [6.45, 7) is 0. The molecule has 29 heavy (non-hydrogen) atoms. The standard InChI is InChI=1S/C19H17ClF3N5O/c20-15-7-3-13(4-8-15)10-18(29)24-16(11-17-25-27-28-26-17)9-12-1-5-14(6-2-12)19(21,22)23/h1-8,16H,9-11H2,(H,24,29)(H,25,26,27,28)/t16-/m0/s1. The molecule has 0 saturated heterocycles. The van der Waals surface area contributed by atoms with Crippen LogP contribution in [-0.4, -0.2) is 32.6 Å². The summed E-state index contributed by atoms with van der Waals surface area (Å²) in [5.74, 6) is 0.168. The summed E-state index contributed by atoms with van der Waals surface area (Å²) >= 11 is 5.85. The minimum atomic E-state index is -4.39. The maximum Gasteiger partial charge on any atom is 0.416 e. The predicted octanol–water partition coefficient (Wildman–Crippen LogP) is 3.38. The van der Waals surface area contributed by atoms with Crippen LogP contribution < -0.4 is 5.32 Å². The molecule has 2 N–H and O–H groups in total. The number of rotatable bonds is 7. The zero-order chi connectivity index (χ0) is 20.9. The van der Waals surface area contributed by atoms with Crippen LogP contribution in [0.15, 0.2) is 48.5 Å². The van der Waals surface area contributed by atoms with Crippen molar-refractivity contribution in [2.24, 2.45) is 0 Å². The third kappa shape index (κ3) is 6.28. The van der Waals surface area contributed by atoms with E-state index in [1.165, 1.54) is 12.1 Å². The van der Waals surface area contributed by atoms with Gasteiger partial charge in [-0.25, -0.2) is 0 Å². The Morgan fingerprint density at radius 2 is 1.69 bits per heavy atom. The first-order chi connectivity index (χ1) is 13.8. The minimum Gasteiger partial charge on any atom is -0.352 e. The molecular weight excluding hydrogens is 407 g/mol. The lowest BCUT2D eigenvalue weighted by Crippen LogP contribution is -2.39. The van der Waals surface area contributed by atoms with Crippen LogP contribution in [0.2, 0.25) is 5.02 Å². The second kappa shape index (κ2) is 9.04. The van der Waals surface area contributed by atoms with E-state index in [-0.39, 0.29) is 18.7 Å². The molecule has 1 amide bonds. The lowest BCUT2D eigenvalue weighted by atomic mass is 10.0. The molecular formula is C19H17ClF3N5O. The van der Waals surface area contributed by atoms with Crippen LogP contribution in [0.25, 0.3) is 0 Å². The van der Waals surface area contributed by atoms with Crippen LogP contribution in [-0.2, 0) is 30.2 Å². The Morgan fingerprint density at radius 3 is 2.28 bits per heavy atom. The van der Waals surface area contributed by atoms with Gasteiger partial charge in [-0.2, -0.15) is 18.4 Å². The molecule has 1 aromatic heterocycles. The number of carbonyl (C=O) groups is 1. The van der Waals surface area contributed by atoms with Crippen molar-refractivity contribution in [3.63, 3.8) is 0 Å². The molecule has 0 spiro atoms. The minimum absolute atomic E-state index is 0.146. The molecule has 0 saturated carbocycles. The lowest BCUT2D eigenvalue weighted by molar-refractivity contribution is -0.137. The average Bonchev–Trinajstić information content (AvgIpc) is 3.16. The first-order valence-electron chi connectivity index (χ1n) is 8.72. The number of tetrazole rings is 1. The Morgan fingerprint density at radius 1 is 1.03 bits per heavy atom. The van der Waals surface area contributed by atoms with Gasteiger partial charge in [0.05, 0.1) is 12.0 Å². The van der Waals surface area contributed by atoms with E-state index in [0.29, 0.717) is 22.8 Å². The molecule has 3 rings (SSSR count). The summed E-state index contributed by atoms with van der Waals surface area (Å²) in [7, 11) is 0. The van der Waals surface area contributed by atoms with E-state index in [0.717, 1.165) is 17.7 Å². The zero-order valence-corrected chi connectivity index (χ0v) is 15.8. The smallest absolute Gasteiger partial charge is 0.352 e. The number of aromatic nitrogens is 4. The van der Waals surface area contributed by atoms with Gasteiger partial charge in [-0.1, -0.05) is 41.1 Å². The Bertz CT molecular complexity index is 928. The molecule has 0 bridgehead atoms. The van der Waals surface area contributed by atoms with E-state index in [9.17, 15) is 18.0 Å². The summed E-state index contributed by atoms with van der Waals surface area (Å²) in [4.78, 5) is 12.5. The fourth-order valence-electron chi connectivity index (χ4n) is 2.84. The van der Waals surface area contributed by atoms with Crippen molar-refractivity contribution < 1.29 is 18.0 Å². The quantitative estimate of drug-likeness (QED) is 0.610. The van der Waals surface area contributed by atoms with E-state index >= 15 is 0 Å². The highest BCUT2D eigenvalue weighted by molar-refractivity contribution is 6.30. The van der Waals surface area contributed by atoms with Crippen molar-refractivity contribution in [1.82, 2.24) is 25.9 Å². The van der Waals surface area contributed by atoms with Crippen molar-refractivity contribution in [1.29, 1.82) is 0 Å². The number of alkyl halides is 3. The summed E-state index contributed by atoms with van der Waals surface area (Å²) in [5, 5.41) is 17.1. The molecule has 0 aliphatic carbocycles. The number of nitrogens with zero attached hydrogens (tertiary/aromatic N) is 3. The first-order valence-corrected chi connectivity index (χ1v) is 9.09. The Hall–Kier alpha value is -2.94. The van der Waals surface area contributed by atoms with Crippen molar-refractivity contribution in [2.45, 2.75) is 31.5 Å². The topological polar surface area (TPSA) is 83.6 Å². The van der Waals surface area contributed by atoms with Crippen molar-refractivity contribution >= 4 is 17.5 Å². The van der Waals surface area contributed by atoms with Gasteiger partial charge in [0.15, 0.2) is 5.82 Å². The van der Waals surface area contributed by atoms with Gasteiger partial charge in [-0.3, -0.25) is 4.79 Å². The maximum absolute atomic E-state index is 12.7. The Labute approximate surface area is 169 Å². The molecule has 0 unspecified atom stereocenters. The van der Waals surface area contributed by atoms with E-state index in [1.54, 1.807) is 24.3 Å². The molecule has 6 nitrogen and oxygen atoms in total.